The van der Waals surface area contributed by atoms with Gasteiger partial charge in [-0.3, -0.25) is 4.72 Å². The topological polar surface area (TPSA) is 94.3 Å². The molecule has 8 heteroatoms. The molecule has 0 fully saturated rings. The third-order valence-electron chi connectivity index (χ3n) is 4.68. The number of hydrogen-bond acceptors (Lipinski definition) is 6. The predicted molar refractivity (Wildman–Crippen MR) is 121 cm³/mol. The standard InChI is InChI=1S/C24H17N3O4S/c28-32(29,19-14-12-18(13-15-19)30-17-7-2-1-3-8-17)27-21-10-5-4-9-20(21)24-26-23-22(31-24)11-6-16-25-23/h1-16,27H. The number of para-hydroxylation sites is 2. The first-order valence-corrected chi connectivity index (χ1v) is 11.2. The summed E-state index contributed by atoms with van der Waals surface area (Å²) in [5, 5.41) is 0. The zero-order valence-electron chi connectivity index (χ0n) is 16.7. The van der Waals surface area contributed by atoms with Crippen molar-refractivity contribution in [1.29, 1.82) is 0 Å². The second-order valence-corrected chi connectivity index (χ2v) is 8.56. The monoisotopic (exact) mass is 443 g/mol. The Morgan fingerprint density at radius 1 is 0.781 bits per heavy atom. The molecule has 2 aromatic heterocycles. The summed E-state index contributed by atoms with van der Waals surface area (Å²) in [4.78, 5) is 8.63. The third kappa shape index (κ3) is 4.03. The van der Waals surface area contributed by atoms with Crippen LogP contribution < -0.4 is 9.46 Å². The summed E-state index contributed by atoms with van der Waals surface area (Å²) >= 11 is 0. The molecule has 3 aromatic carbocycles. The fourth-order valence-corrected chi connectivity index (χ4v) is 4.24. The molecule has 1 N–H and O–H groups in total. The number of nitrogens with zero attached hydrogens (tertiary/aromatic N) is 2. The first-order valence-electron chi connectivity index (χ1n) is 9.75. The normalized spacial score (nSPS) is 11.4. The van der Waals surface area contributed by atoms with Gasteiger partial charge < -0.3 is 9.15 Å². The third-order valence-corrected chi connectivity index (χ3v) is 6.06. The van der Waals surface area contributed by atoms with E-state index in [9.17, 15) is 8.42 Å². The molecular weight excluding hydrogens is 426 g/mol. The highest BCUT2D eigenvalue weighted by Gasteiger charge is 2.19. The molecule has 0 spiro atoms. The molecule has 5 aromatic rings. The van der Waals surface area contributed by atoms with Crippen LogP contribution in [0.2, 0.25) is 0 Å². The van der Waals surface area contributed by atoms with Gasteiger partial charge in [-0.2, -0.15) is 4.98 Å². The average Bonchev–Trinajstić information content (AvgIpc) is 3.24. The average molecular weight is 443 g/mol. The molecule has 0 aliphatic heterocycles. The van der Waals surface area contributed by atoms with E-state index in [0.717, 1.165) is 0 Å². The van der Waals surface area contributed by atoms with Crippen molar-refractivity contribution in [3.05, 3.63) is 97.2 Å². The van der Waals surface area contributed by atoms with Crippen molar-refractivity contribution < 1.29 is 17.6 Å². The van der Waals surface area contributed by atoms with Gasteiger partial charge in [-0.1, -0.05) is 30.3 Å². The molecule has 0 bridgehead atoms. The Balaban J connectivity index is 1.41. The van der Waals surface area contributed by atoms with Crippen molar-refractivity contribution >= 4 is 26.9 Å². The Morgan fingerprint density at radius 3 is 2.28 bits per heavy atom. The Hall–Kier alpha value is -4.17. The second kappa shape index (κ2) is 8.16. The van der Waals surface area contributed by atoms with Gasteiger partial charge in [-0.05, 0) is 60.7 Å². The van der Waals surface area contributed by atoms with Gasteiger partial charge in [0.25, 0.3) is 10.0 Å². The molecule has 0 aliphatic carbocycles. The van der Waals surface area contributed by atoms with Crippen molar-refractivity contribution in [2.45, 2.75) is 4.90 Å². The van der Waals surface area contributed by atoms with E-state index in [1.807, 2.05) is 30.3 Å². The lowest BCUT2D eigenvalue weighted by Crippen LogP contribution is -2.13. The quantitative estimate of drug-likeness (QED) is 0.373. The lowest BCUT2D eigenvalue weighted by Gasteiger charge is -2.11. The van der Waals surface area contributed by atoms with E-state index in [2.05, 4.69) is 14.7 Å². The van der Waals surface area contributed by atoms with Crippen molar-refractivity contribution in [3.63, 3.8) is 0 Å². The molecule has 7 nitrogen and oxygen atoms in total. The summed E-state index contributed by atoms with van der Waals surface area (Å²) in [7, 11) is -3.85. The molecule has 0 aliphatic rings. The van der Waals surface area contributed by atoms with Gasteiger partial charge in [0, 0.05) is 6.20 Å². The minimum Gasteiger partial charge on any atom is -0.457 e. The number of oxazole rings is 1. The van der Waals surface area contributed by atoms with E-state index in [4.69, 9.17) is 9.15 Å². The maximum Gasteiger partial charge on any atom is 0.261 e. The van der Waals surface area contributed by atoms with E-state index in [1.54, 1.807) is 54.7 Å². The fourth-order valence-electron chi connectivity index (χ4n) is 3.16. The first kappa shape index (κ1) is 19.8. The van der Waals surface area contributed by atoms with E-state index in [1.165, 1.54) is 12.1 Å². The van der Waals surface area contributed by atoms with E-state index in [0.29, 0.717) is 34.0 Å². The van der Waals surface area contributed by atoms with Crippen molar-refractivity contribution in [3.8, 4) is 23.0 Å². The number of rotatable bonds is 6. The van der Waals surface area contributed by atoms with E-state index >= 15 is 0 Å². The van der Waals surface area contributed by atoms with E-state index in [-0.39, 0.29) is 10.8 Å². The SMILES string of the molecule is O=S(=O)(Nc1ccccc1-c1nc2ncccc2o1)c1ccc(Oc2ccccc2)cc1. The summed E-state index contributed by atoms with van der Waals surface area (Å²) in [6, 6.07) is 25.9. The molecule has 0 amide bonds. The zero-order valence-corrected chi connectivity index (χ0v) is 17.5. The summed E-state index contributed by atoms with van der Waals surface area (Å²) in [5.41, 5.74) is 1.84. The maximum atomic E-state index is 13.0. The maximum absolute atomic E-state index is 13.0. The van der Waals surface area contributed by atoms with Gasteiger partial charge in [-0.25, -0.2) is 13.4 Å². The van der Waals surface area contributed by atoms with Crippen LogP contribution in [0.15, 0.2) is 107 Å². The number of fused-ring (bicyclic) bond motifs is 1. The zero-order chi connectivity index (χ0) is 22.0. The van der Waals surface area contributed by atoms with Crippen LogP contribution in [0.3, 0.4) is 0 Å². The molecule has 0 saturated carbocycles. The Morgan fingerprint density at radius 2 is 1.50 bits per heavy atom. The van der Waals surface area contributed by atoms with Crippen LogP contribution in [0.1, 0.15) is 0 Å². The summed E-state index contributed by atoms with van der Waals surface area (Å²) in [5.74, 6) is 1.49. The minimum atomic E-state index is -3.85. The Kier molecular flexibility index (Phi) is 5.04. The molecule has 0 saturated heterocycles. The second-order valence-electron chi connectivity index (χ2n) is 6.88. The highest BCUT2D eigenvalue weighted by atomic mass is 32.2. The Bertz CT molecular complexity index is 1450. The predicted octanol–water partition coefficient (Wildman–Crippen LogP) is 5.48. The largest absolute Gasteiger partial charge is 0.457 e. The molecule has 5 rings (SSSR count). The molecular formula is C24H17N3O4S. The molecule has 0 unspecified atom stereocenters. The number of benzene rings is 3. The molecule has 2 heterocycles. The number of ether oxygens (including phenoxy) is 1. The van der Waals surface area contributed by atoms with Gasteiger partial charge >= 0.3 is 0 Å². The summed E-state index contributed by atoms with van der Waals surface area (Å²) < 4.78 is 40.1. The van der Waals surface area contributed by atoms with Gasteiger partial charge in [0.1, 0.15) is 11.5 Å². The van der Waals surface area contributed by atoms with E-state index < -0.39 is 10.0 Å². The van der Waals surface area contributed by atoms with Crippen LogP contribution >= 0.6 is 0 Å². The smallest absolute Gasteiger partial charge is 0.261 e. The van der Waals surface area contributed by atoms with Gasteiger partial charge in [0.15, 0.2) is 11.2 Å². The number of sulfonamides is 1. The lowest BCUT2D eigenvalue weighted by molar-refractivity contribution is 0.482. The van der Waals surface area contributed by atoms with Crippen molar-refractivity contribution in [2.75, 3.05) is 4.72 Å². The molecule has 0 radical (unpaired) electrons. The molecule has 32 heavy (non-hydrogen) atoms. The number of aromatic nitrogens is 2. The number of hydrogen-bond donors (Lipinski definition) is 1. The number of anilines is 1. The summed E-state index contributed by atoms with van der Waals surface area (Å²) in [6.07, 6.45) is 1.62. The van der Waals surface area contributed by atoms with Crippen molar-refractivity contribution in [2.24, 2.45) is 0 Å². The number of nitrogens with one attached hydrogen (secondary N) is 1. The van der Waals surface area contributed by atoms with Crippen LogP contribution in [0.5, 0.6) is 11.5 Å². The first-order chi connectivity index (χ1) is 15.6. The molecule has 158 valence electrons. The lowest BCUT2D eigenvalue weighted by atomic mass is 10.2. The van der Waals surface area contributed by atoms with Gasteiger partial charge in [0.05, 0.1) is 16.1 Å². The van der Waals surface area contributed by atoms with Crippen LogP contribution in [-0.2, 0) is 10.0 Å². The van der Waals surface area contributed by atoms with Gasteiger partial charge in [-0.15, -0.1) is 0 Å². The highest BCUT2D eigenvalue weighted by molar-refractivity contribution is 7.92. The van der Waals surface area contributed by atoms with Crippen LogP contribution in [0.4, 0.5) is 5.69 Å². The van der Waals surface area contributed by atoms with Gasteiger partial charge in [0.2, 0.25) is 5.89 Å². The van der Waals surface area contributed by atoms with Crippen LogP contribution in [-0.4, -0.2) is 18.4 Å². The summed E-state index contributed by atoms with van der Waals surface area (Å²) in [6.45, 7) is 0. The van der Waals surface area contributed by atoms with Crippen LogP contribution in [0.25, 0.3) is 22.7 Å². The fraction of sp³-hybridized carbons (Fsp3) is 0. The van der Waals surface area contributed by atoms with Crippen molar-refractivity contribution in [1.82, 2.24) is 9.97 Å². The molecule has 0 atom stereocenters. The Labute approximate surface area is 184 Å². The highest BCUT2D eigenvalue weighted by Crippen LogP contribution is 2.31. The van der Waals surface area contributed by atoms with Crippen LogP contribution in [0, 0.1) is 0 Å². The number of pyridine rings is 1. The minimum absolute atomic E-state index is 0.104.